The number of aromatic nitrogens is 2. The van der Waals surface area contributed by atoms with Crippen molar-refractivity contribution < 1.29 is 0 Å². The summed E-state index contributed by atoms with van der Waals surface area (Å²) in [6, 6.07) is 20.6. The summed E-state index contributed by atoms with van der Waals surface area (Å²) in [4.78, 5) is 9.64. The van der Waals surface area contributed by atoms with Gasteiger partial charge in [-0.1, -0.05) is 72.3 Å². The zero-order valence-electron chi connectivity index (χ0n) is 14.9. The lowest BCUT2D eigenvalue weighted by atomic mass is 10.0. The van der Waals surface area contributed by atoms with Crippen LogP contribution in [0.1, 0.15) is 25.1 Å². The Labute approximate surface area is 149 Å². The predicted molar refractivity (Wildman–Crippen MR) is 106 cm³/mol. The fourth-order valence-corrected chi connectivity index (χ4v) is 2.77. The summed E-state index contributed by atoms with van der Waals surface area (Å²) in [7, 11) is 0. The van der Waals surface area contributed by atoms with E-state index in [0.717, 1.165) is 33.9 Å². The average molecular weight is 326 g/mol. The Bertz CT molecular complexity index is 922. The van der Waals surface area contributed by atoms with Gasteiger partial charge in [0, 0.05) is 11.1 Å². The third kappa shape index (κ3) is 3.92. The molecule has 25 heavy (non-hydrogen) atoms. The van der Waals surface area contributed by atoms with Crippen molar-refractivity contribution >= 4 is 5.57 Å². The van der Waals surface area contributed by atoms with Crippen molar-refractivity contribution in [2.45, 2.75) is 20.8 Å². The zero-order valence-corrected chi connectivity index (χ0v) is 14.9. The summed E-state index contributed by atoms with van der Waals surface area (Å²) in [5.41, 5.74) is 6.32. The number of hydrogen-bond acceptors (Lipinski definition) is 2. The number of benzene rings is 2. The second-order valence-electron chi connectivity index (χ2n) is 5.94. The van der Waals surface area contributed by atoms with E-state index >= 15 is 0 Å². The Hall–Kier alpha value is -3.00. The number of hydrogen-bond donors (Lipinski definition) is 0. The minimum absolute atomic E-state index is 0.749. The van der Waals surface area contributed by atoms with E-state index in [2.05, 4.69) is 49.4 Å². The van der Waals surface area contributed by atoms with Gasteiger partial charge in [-0.15, -0.1) is 0 Å². The third-order valence-electron chi connectivity index (χ3n) is 4.02. The van der Waals surface area contributed by atoms with Crippen LogP contribution in [-0.2, 0) is 0 Å². The molecule has 1 heterocycles. The van der Waals surface area contributed by atoms with Crippen LogP contribution in [0, 0.1) is 6.92 Å². The summed E-state index contributed by atoms with van der Waals surface area (Å²) in [6.07, 6.45) is 6.19. The average Bonchev–Trinajstić information content (AvgIpc) is 2.66. The lowest BCUT2D eigenvalue weighted by Gasteiger charge is -2.10. The monoisotopic (exact) mass is 326 g/mol. The van der Waals surface area contributed by atoms with E-state index in [0.29, 0.717) is 0 Å². The van der Waals surface area contributed by atoms with E-state index in [9.17, 15) is 0 Å². The van der Waals surface area contributed by atoms with Crippen LogP contribution < -0.4 is 0 Å². The Morgan fingerprint density at radius 3 is 2.28 bits per heavy atom. The molecule has 0 N–H and O–H groups in total. The summed E-state index contributed by atoms with van der Waals surface area (Å²) in [5, 5.41) is 0. The fraction of sp³-hybridized carbons (Fsp3) is 0.130. The predicted octanol–water partition coefficient (Wildman–Crippen LogP) is 6.10. The molecule has 0 aliphatic carbocycles. The zero-order chi connectivity index (χ0) is 17.6. The Morgan fingerprint density at radius 1 is 0.840 bits per heavy atom. The van der Waals surface area contributed by atoms with Crippen LogP contribution in [0.4, 0.5) is 0 Å². The molecule has 0 radical (unpaired) electrons. The molecule has 0 aliphatic heterocycles. The lowest BCUT2D eigenvalue weighted by molar-refractivity contribution is 1.15. The molecule has 0 aliphatic rings. The minimum Gasteiger partial charge on any atom is -0.228 e. The van der Waals surface area contributed by atoms with Gasteiger partial charge >= 0.3 is 0 Å². The van der Waals surface area contributed by atoms with Crippen LogP contribution in [0.5, 0.6) is 0 Å². The van der Waals surface area contributed by atoms with Crippen molar-refractivity contribution in [3.63, 3.8) is 0 Å². The van der Waals surface area contributed by atoms with Crippen molar-refractivity contribution in [1.29, 1.82) is 0 Å². The van der Waals surface area contributed by atoms with Gasteiger partial charge in [0.15, 0.2) is 5.82 Å². The van der Waals surface area contributed by atoms with Gasteiger partial charge in [-0.2, -0.15) is 0 Å². The SMILES string of the molecule is C/C=C\C(=C/C)c1cc(-c2cccc(C)c2)nc(-c2ccccc2)n1. The molecule has 124 valence electrons. The molecular weight excluding hydrogens is 304 g/mol. The van der Waals surface area contributed by atoms with E-state index in [1.54, 1.807) is 0 Å². The molecule has 2 heteroatoms. The van der Waals surface area contributed by atoms with E-state index in [-0.39, 0.29) is 0 Å². The highest BCUT2D eigenvalue weighted by atomic mass is 14.9. The minimum atomic E-state index is 0.749. The highest BCUT2D eigenvalue weighted by Gasteiger charge is 2.10. The van der Waals surface area contributed by atoms with E-state index in [1.165, 1.54) is 5.56 Å². The Kier molecular flexibility index (Phi) is 5.20. The molecule has 3 aromatic rings. The maximum absolute atomic E-state index is 4.83. The van der Waals surface area contributed by atoms with E-state index < -0.39 is 0 Å². The topological polar surface area (TPSA) is 25.8 Å². The van der Waals surface area contributed by atoms with Crippen molar-refractivity contribution in [3.05, 3.63) is 90.1 Å². The van der Waals surface area contributed by atoms with Crippen molar-refractivity contribution in [1.82, 2.24) is 9.97 Å². The summed E-state index contributed by atoms with van der Waals surface area (Å²) >= 11 is 0. The van der Waals surface area contributed by atoms with E-state index in [1.807, 2.05) is 50.3 Å². The van der Waals surface area contributed by atoms with Gasteiger partial charge in [0.25, 0.3) is 0 Å². The van der Waals surface area contributed by atoms with Crippen LogP contribution in [0.3, 0.4) is 0 Å². The van der Waals surface area contributed by atoms with Crippen LogP contribution in [0.15, 0.2) is 78.9 Å². The first kappa shape index (κ1) is 16.8. The molecule has 1 aromatic heterocycles. The van der Waals surface area contributed by atoms with Crippen LogP contribution in [-0.4, -0.2) is 9.97 Å². The third-order valence-corrected chi connectivity index (χ3v) is 4.02. The van der Waals surface area contributed by atoms with Crippen LogP contribution >= 0.6 is 0 Å². The molecule has 0 saturated heterocycles. The molecule has 0 saturated carbocycles. The molecule has 0 bridgehead atoms. The first-order chi connectivity index (χ1) is 12.2. The molecule has 2 nitrogen and oxygen atoms in total. The van der Waals surface area contributed by atoms with Gasteiger partial charge in [-0.05, 0) is 38.5 Å². The maximum atomic E-state index is 4.83. The molecular formula is C23H22N2. The fourth-order valence-electron chi connectivity index (χ4n) is 2.77. The quantitative estimate of drug-likeness (QED) is 0.541. The van der Waals surface area contributed by atoms with Gasteiger partial charge in [-0.3, -0.25) is 0 Å². The molecule has 0 fully saturated rings. The van der Waals surface area contributed by atoms with Gasteiger partial charge in [0.2, 0.25) is 0 Å². The molecule has 2 aromatic carbocycles. The maximum Gasteiger partial charge on any atom is 0.160 e. The molecule has 0 atom stereocenters. The molecule has 3 rings (SSSR count). The van der Waals surface area contributed by atoms with Crippen molar-refractivity contribution in [3.8, 4) is 22.6 Å². The van der Waals surface area contributed by atoms with Gasteiger partial charge in [0.05, 0.1) is 11.4 Å². The first-order valence-corrected chi connectivity index (χ1v) is 8.52. The Balaban J connectivity index is 2.21. The van der Waals surface area contributed by atoms with Gasteiger partial charge in [-0.25, -0.2) is 9.97 Å². The second-order valence-corrected chi connectivity index (χ2v) is 5.94. The highest BCUT2D eigenvalue weighted by Crippen LogP contribution is 2.26. The van der Waals surface area contributed by atoms with E-state index in [4.69, 9.17) is 9.97 Å². The first-order valence-electron chi connectivity index (χ1n) is 8.52. The molecule has 0 unspecified atom stereocenters. The van der Waals surface area contributed by atoms with Crippen LogP contribution in [0.2, 0.25) is 0 Å². The Morgan fingerprint density at radius 2 is 1.60 bits per heavy atom. The summed E-state index contributed by atoms with van der Waals surface area (Å²) < 4.78 is 0. The smallest absolute Gasteiger partial charge is 0.160 e. The second kappa shape index (κ2) is 7.71. The number of allylic oxidation sites excluding steroid dienone is 4. The number of aryl methyl sites for hydroxylation is 1. The number of nitrogens with zero attached hydrogens (tertiary/aromatic N) is 2. The standard InChI is InChI=1S/C23H22N2/c1-4-10-18(5-2)21-16-22(20-14-9-11-17(3)15-20)25-23(24-21)19-12-7-6-8-13-19/h4-16H,1-3H3/b10-4-,18-5+. The molecule has 0 spiro atoms. The molecule has 0 amide bonds. The lowest BCUT2D eigenvalue weighted by Crippen LogP contribution is -1.97. The van der Waals surface area contributed by atoms with Gasteiger partial charge < -0.3 is 0 Å². The largest absolute Gasteiger partial charge is 0.228 e. The highest BCUT2D eigenvalue weighted by molar-refractivity contribution is 5.76. The van der Waals surface area contributed by atoms with Crippen molar-refractivity contribution in [2.75, 3.05) is 0 Å². The van der Waals surface area contributed by atoms with Crippen molar-refractivity contribution in [2.24, 2.45) is 0 Å². The normalized spacial score (nSPS) is 11.9. The number of rotatable bonds is 4. The van der Waals surface area contributed by atoms with Gasteiger partial charge in [0.1, 0.15) is 0 Å². The summed E-state index contributed by atoms with van der Waals surface area (Å²) in [5.74, 6) is 0.749. The summed E-state index contributed by atoms with van der Waals surface area (Å²) in [6.45, 7) is 6.15. The van der Waals surface area contributed by atoms with Crippen LogP contribution in [0.25, 0.3) is 28.2 Å².